The monoisotopic (exact) mass is 651 g/mol. The third-order valence-electron chi connectivity index (χ3n) is 9.73. The summed E-state index contributed by atoms with van der Waals surface area (Å²) in [5.41, 5.74) is 9.33. The Labute approximate surface area is 294 Å². The van der Waals surface area contributed by atoms with Gasteiger partial charge in [-0.2, -0.15) is 0 Å². The Hall–Kier alpha value is -6.91. The fraction of sp³-hybridized carbons (Fsp3) is 0. The van der Waals surface area contributed by atoms with E-state index in [1.165, 1.54) is 11.1 Å². The van der Waals surface area contributed by atoms with E-state index in [1.54, 1.807) is 0 Å². The highest BCUT2D eigenvalue weighted by Gasteiger charge is 2.17. The number of hydrogen-bond donors (Lipinski definition) is 0. The van der Waals surface area contributed by atoms with Crippen molar-refractivity contribution in [2.75, 3.05) is 0 Å². The normalized spacial score (nSPS) is 11.5. The second kappa shape index (κ2) is 11.9. The van der Waals surface area contributed by atoms with E-state index in [0.29, 0.717) is 17.5 Å². The molecule has 10 aromatic rings. The molecule has 4 nitrogen and oxygen atoms in total. The molecule has 0 spiro atoms. The fourth-order valence-corrected chi connectivity index (χ4v) is 7.18. The Balaban J connectivity index is 1.08. The summed E-state index contributed by atoms with van der Waals surface area (Å²) in [6.45, 7) is 0. The molecule has 0 aliphatic heterocycles. The molecule has 0 radical (unpaired) electrons. The summed E-state index contributed by atoms with van der Waals surface area (Å²) in [4.78, 5) is 15.2. The molecule has 0 fully saturated rings. The van der Waals surface area contributed by atoms with Gasteiger partial charge in [0, 0.05) is 27.5 Å². The number of para-hydroxylation sites is 1. The molecule has 0 aliphatic carbocycles. The summed E-state index contributed by atoms with van der Waals surface area (Å²) in [6.07, 6.45) is 0. The SMILES string of the molecule is c1ccc(-c2nc(-c3ccc4cc(-c5ccc6oc7ccccc7c6c5)ccc4c3)nc(-c3ccc(-c4ccccc4)c4ccccc34)n2)cc1. The van der Waals surface area contributed by atoms with Crippen molar-refractivity contribution in [3.8, 4) is 56.4 Å². The van der Waals surface area contributed by atoms with Gasteiger partial charge in [-0.05, 0) is 80.2 Å². The zero-order valence-corrected chi connectivity index (χ0v) is 27.5. The number of fused-ring (bicyclic) bond motifs is 5. The highest BCUT2D eigenvalue weighted by atomic mass is 16.3. The van der Waals surface area contributed by atoms with Crippen LogP contribution in [0.3, 0.4) is 0 Å². The number of nitrogens with zero attached hydrogens (tertiary/aromatic N) is 3. The van der Waals surface area contributed by atoms with Gasteiger partial charge in [-0.1, -0.05) is 140 Å². The van der Waals surface area contributed by atoms with Gasteiger partial charge in [0.2, 0.25) is 0 Å². The number of furan rings is 1. The molecule has 0 saturated carbocycles. The van der Waals surface area contributed by atoms with Gasteiger partial charge in [-0.25, -0.2) is 15.0 Å². The van der Waals surface area contributed by atoms with Crippen LogP contribution in [0.15, 0.2) is 180 Å². The van der Waals surface area contributed by atoms with E-state index in [2.05, 4.69) is 127 Å². The quantitative estimate of drug-likeness (QED) is 0.186. The minimum atomic E-state index is 0.637. The standard InChI is InChI=1S/C47H29N3O/c1-3-11-30(12-4-1)37-24-25-41(39-16-8-7-15-38(37)39)47-49-45(31-13-5-2-6-14-31)48-46(50-47)36-22-21-32-27-33(19-20-34(32)28-36)35-23-26-44-42(29-35)40-17-9-10-18-43(40)51-44/h1-29H. The van der Waals surface area contributed by atoms with Crippen LogP contribution in [0.5, 0.6) is 0 Å². The van der Waals surface area contributed by atoms with Crippen LogP contribution in [-0.2, 0) is 0 Å². The average molecular weight is 652 g/mol. The van der Waals surface area contributed by atoms with Gasteiger partial charge in [-0.15, -0.1) is 0 Å². The highest BCUT2D eigenvalue weighted by Crippen LogP contribution is 2.37. The lowest BCUT2D eigenvalue weighted by Gasteiger charge is -2.13. The van der Waals surface area contributed by atoms with Crippen molar-refractivity contribution in [1.82, 2.24) is 15.0 Å². The molecule has 10 rings (SSSR count). The summed E-state index contributed by atoms with van der Waals surface area (Å²) in [6, 6.07) is 61.2. The molecule has 51 heavy (non-hydrogen) atoms. The predicted octanol–water partition coefficient (Wildman–Crippen LogP) is 12.4. The van der Waals surface area contributed by atoms with Crippen LogP contribution in [0, 0.1) is 0 Å². The van der Waals surface area contributed by atoms with Gasteiger partial charge < -0.3 is 4.42 Å². The molecule has 0 atom stereocenters. The van der Waals surface area contributed by atoms with Crippen molar-refractivity contribution in [3.05, 3.63) is 176 Å². The van der Waals surface area contributed by atoms with Crippen LogP contribution >= 0.6 is 0 Å². The molecule has 0 N–H and O–H groups in total. The minimum Gasteiger partial charge on any atom is -0.456 e. The van der Waals surface area contributed by atoms with Gasteiger partial charge in [0.05, 0.1) is 0 Å². The maximum Gasteiger partial charge on any atom is 0.164 e. The zero-order chi connectivity index (χ0) is 33.7. The van der Waals surface area contributed by atoms with Crippen LogP contribution < -0.4 is 0 Å². The van der Waals surface area contributed by atoms with E-state index < -0.39 is 0 Å². The van der Waals surface area contributed by atoms with Crippen LogP contribution in [0.25, 0.3) is 99.9 Å². The summed E-state index contributed by atoms with van der Waals surface area (Å²) in [7, 11) is 0. The van der Waals surface area contributed by atoms with Gasteiger partial charge >= 0.3 is 0 Å². The smallest absolute Gasteiger partial charge is 0.164 e. The lowest BCUT2D eigenvalue weighted by Crippen LogP contribution is -2.00. The Bertz CT molecular complexity index is 2910. The maximum atomic E-state index is 6.07. The molecule has 0 saturated heterocycles. The second-order valence-corrected chi connectivity index (χ2v) is 12.8. The molecule has 0 aliphatic rings. The van der Waals surface area contributed by atoms with Gasteiger partial charge in [-0.3, -0.25) is 0 Å². The molecule has 0 bridgehead atoms. The zero-order valence-electron chi connectivity index (χ0n) is 27.5. The van der Waals surface area contributed by atoms with E-state index in [4.69, 9.17) is 19.4 Å². The molecule has 0 unspecified atom stereocenters. The third kappa shape index (κ3) is 5.13. The molecule has 2 aromatic heterocycles. The van der Waals surface area contributed by atoms with Crippen LogP contribution in [0.4, 0.5) is 0 Å². The van der Waals surface area contributed by atoms with Crippen molar-refractivity contribution in [2.24, 2.45) is 0 Å². The van der Waals surface area contributed by atoms with E-state index in [0.717, 1.165) is 71.3 Å². The Morgan fingerprint density at radius 2 is 0.804 bits per heavy atom. The largest absolute Gasteiger partial charge is 0.456 e. The molecule has 4 heteroatoms. The molecule has 8 aromatic carbocycles. The van der Waals surface area contributed by atoms with Crippen molar-refractivity contribution in [1.29, 1.82) is 0 Å². The van der Waals surface area contributed by atoms with E-state index >= 15 is 0 Å². The van der Waals surface area contributed by atoms with Crippen LogP contribution in [0.2, 0.25) is 0 Å². The first-order valence-electron chi connectivity index (χ1n) is 17.1. The first-order valence-corrected chi connectivity index (χ1v) is 17.1. The Morgan fingerprint density at radius 3 is 1.57 bits per heavy atom. The molecule has 2 heterocycles. The Morgan fingerprint density at radius 1 is 0.294 bits per heavy atom. The molecular weight excluding hydrogens is 623 g/mol. The number of benzene rings is 8. The summed E-state index contributed by atoms with van der Waals surface area (Å²) >= 11 is 0. The number of hydrogen-bond acceptors (Lipinski definition) is 4. The van der Waals surface area contributed by atoms with Crippen LogP contribution in [0.1, 0.15) is 0 Å². The maximum absolute atomic E-state index is 6.07. The van der Waals surface area contributed by atoms with Crippen LogP contribution in [-0.4, -0.2) is 15.0 Å². The minimum absolute atomic E-state index is 0.637. The predicted molar refractivity (Wildman–Crippen MR) is 209 cm³/mol. The lowest BCUT2D eigenvalue weighted by atomic mass is 9.94. The molecular formula is C47H29N3O. The lowest BCUT2D eigenvalue weighted by molar-refractivity contribution is 0.669. The fourth-order valence-electron chi connectivity index (χ4n) is 7.18. The summed E-state index contributed by atoms with van der Waals surface area (Å²) in [5.74, 6) is 1.93. The van der Waals surface area contributed by atoms with E-state index in [9.17, 15) is 0 Å². The summed E-state index contributed by atoms with van der Waals surface area (Å²) < 4.78 is 6.07. The van der Waals surface area contributed by atoms with Crippen molar-refractivity contribution < 1.29 is 4.42 Å². The second-order valence-electron chi connectivity index (χ2n) is 12.8. The van der Waals surface area contributed by atoms with Gasteiger partial charge in [0.1, 0.15) is 11.2 Å². The van der Waals surface area contributed by atoms with Crippen molar-refractivity contribution >= 4 is 43.5 Å². The Kier molecular flexibility index (Phi) is 6.78. The topological polar surface area (TPSA) is 51.8 Å². The third-order valence-corrected chi connectivity index (χ3v) is 9.73. The van der Waals surface area contributed by atoms with Crippen molar-refractivity contribution in [2.45, 2.75) is 0 Å². The first-order chi connectivity index (χ1) is 25.2. The average Bonchev–Trinajstić information content (AvgIpc) is 3.58. The molecule has 0 amide bonds. The first kappa shape index (κ1) is 29.0. The van der Waals surface area contributed by atoms with Crippen molar-refractivity contribution in [3.63, 3.8) is 0 Å². The number of aromatic nitrogens is 3. The van der Waals surface area contributed by atoms with Gasteiger partial charge in [0.15, 0.2) is 17.5 Å². The molecule has 238 valence electrons. The van der Waals surface area contributed by atoms with Gasteiger partial charge in [0.25, 0.3) is 0 Å². The van der Waals surface area contributed by atoms with E-state index in [1.807, 2.05) is 48.5 Å². The number of rotatable bonds is 5. The summed E-state index contributed by atoms with van der Waals surface area (Å²) in [5, 5.41) is 6.78. The van der Waals surface area contributed by atoms with E-state index in [-0.39, 0.29) is 0 Å². The highest BCUT2D eigenvalue weighted by molar-refractivity contribution is 6.07.